The molecule has 2 heterocycles. The van der Waals surface area contributed by atoms with Gasteiger partial charge in [-0.25, -0.2) is 0 Å². The van der Waals surface area contributed by atoms with Gasteiger partial charge in [0.1, 0.15) is 6.61 Å². The van der Waals surface area contributed by atoms with Crippen molar-refractivity contribution >= 4 is 0 Å². The molecule has 16 heavy (non-hydrogen) atoms. The van der Waals surface area contributed by atoms with Crippen LogP contribution in [0.3, 0.4) is 0 Å². The first-order valence-corrected chi connectivity index (χ1v) is 5.41. The predicted octanol–water partition coefficient (Wildman–Crippen LogP) is 1.61. The first kappa shape index (κ1) is 10.7. The van der Waals surface area contributed by atoms with E-state index in [1.54, 1.807) is 10.9 Å². The van der Waals surface area contributed by atoms with Crippen LogP contribution in [0.1, 0.15) is 19.0 Å². The molecular formula is C11H16N4O. The number of rotatable bonds is 5. The van der Waals surface area contributed by atoms with E-state index in [0.29, 0.717) is 6.61 Å². The number of hydrogen-bond donors (Lipinski definition) is 0. The first-order chi connectivity index (χ1) is 7.78. The average Bonchev–Trinajstić information content (AvgIpc) is 2.85. The minimum Gasteiger partial charge on any atom is -0.484 e. The molecule has 0 unspecified atom stereocenters. The molecule has 0 saturated heterocycles. The molecule has 2 rings (SSSR count). The maximum Gasteiger partial charge on any atom is 0.157 e. The maximum absolute atomic E-state index is 5.57. The van der Waals surface area contributed by atoms with Crippen molar-refractivity contribution in [3.8, 4) is 5.75 Å². The molecule has 0 atom stereocenters. The molecule has 0 bridgehead atoms. The number of aryl methyl sites for hydroxylation is 2. The lowest BCUT2D eigenvalue weighted by molar-refractivity contribution is 0.299. The fraction of sp³-hybridized carbons (Fsp3) is 0.455. The van der Waals surface area contributed by atoms with Gasteiger partial charge in [0.15, 0.2) is 5.75 Å². The summed E-state index contributed by atoms with van der Waals surface area (Å²) in [6, 6.07) is 1.94. The molecule has 0 spiro atoms. The smallest absolute Gasteiger partial charge is 0.157 e. The van der Waals surface area contributed by atoms with Gasteiger partial charge in [0, 0.05) is 19.8 Å². The van der Waals surface area contributed by atoms with Gasteiger partial charge in [-0.3, -0.25) is 9.36 Å². The van der Waals surface area contributed by atoms with Crippen LogP contribution in [-0.4, -0.2) is 19.6 Å². The maximum atomic E-state index is 5.57. The topological polar surface area (TPSA) is 44.9 Å². The van der Waals surface area contributed by atoms with E-state index >= 15 is 0 Å². The highest BCUT2D eigenvalue weighted by molar-refractivity contribution is 5.12. The Hall–Kier alpha value is -1.78. The lowest BCUT2D eigenvalue weighted by Gasteiger charge is -1.99. The molecule has 2 aromatic heterocycles. The second-order valence-electron chi connectivity index (χ2n) is 3.71. The summed E-state index contributed by atoms with van der Waals surface area (Å²) in [5.74, 6) is 0.791. The van der Waals surface area contributed by atoms with Gasteiger partial charge >= 0.3 is 0 Å². The SMILES string of the molecule is CCCn1cc(OCc2ccn(C)n2)cn1. The van der Waals surface area contributed by atoms with Gasteiger partial charge in [-0.05, 0) is 12.5 Å². The molecule has 2 aromatic rings. The van der Waals surface area contributed by atoms with Gasteiger partial charge in [0.2, 0.25) is 0 Å². The lowest BCUT2D eigenvalue weighted by atomic mass is 10.5. The second-order valence-corrected chi connectivity index (χ2v) is 3.71. The van der Waals surface area contributed by atoms with E-state index in [9.17, 15) is 0 Å². The van der Waals surface area contributed by atoms with E-state index in [0.717, 1.165) is 24.4 Å². The molecule has 0 aliphatic heterocycles. The minimum atomic E-state index is 0.485. The molecular weight excluding hydrogens is 204 g/mol. The largest absolute Gasteiger partial charge is 0.484 e. The van der Waals surface area contributed by atoms with Crippen molar-refractivity contribution in [3.05, 3.63) is 30.4 Å². The third-order valence-electron chi connectivity index (χ3n) is 2.22. The number of aromatic nitrogens is 4. The Kier molecular flexibility index (Phi) is 3.24. The Labute approximate surface area is 94.6 Å². The van der Waals surface area contributed by atoms with Crippen LogP contribution in [0.5, 0.6) is 5.75 Å². The zero-order valence-electron chi connectivity index (χ0n) is 9.63. The normalized spacial score (nSPS) is 10.6. The molecule has 5 nitrogen and oxygen atoms in total. The number of nitrogens with zero attached hydrogens (tertiary/aromatic N) is 4. The van der Waals surface area contributed by atoms with Crippen molar-refractivity contribution in [2.75, 3.05) is 0 Å². The van der Waals surface area contributed by atoms with Crippen LogP contribution in [0.15, 0.2) is 24.7 Å². The van der Waals surface area contributed by atoms with E-state index in [1.165, 1.54) is 0 Å². The van der Waals surface area contributed by atoms with Crippen LogP contribution < -0.4 is 4.74 Å². The quantitative estimate of drug-likeness (QED) is 0.769. The highest BCUT2D eigenvalue weighted by Crippen LogP contribution is 2.10. The number of ether oxygens (including phenoxy) is 1. The Balaban J connectivity index is 1.89. The van der Waals surface area contributed by atoms with Crippen LogP contribution >= 0.6 is 0 Å². The van der Waals surface area contributed by atoms with E-state index in [1.807, 2.05) is 30.2 Å². The number of hydrogen-bond acceptors (Lipinski definition) is 3. The third-order valence-corrected chi connectivity index (χ3v) is 2.22. The summed E-state index contributed by atoms with van der Waals surface area (Å²) in [6.45, 7) is 3.53. The highest BCUT2D eigenvalue weighted by atomic mass is 16.5. The molecule has 5 heteroatoms. The van der Waals surface area contributed by atoms with Crippen LogP contribution in [0.25, 0.3) is 0 Å². The molecule has 0 amide bonds. The fourth-order valence-electron chi connectivity index (χ4n) is 1.47. The Morgan fingerprint density at radius 2 is 2.31 bits per heavy atom. The summed E-state index contributed by atoms with van der Waals surface area (Å²) in [7, 11) is 1.89. The van der Waals surface area contributed by atoms with Crippen LogP contribution in [0.4, 0.5) is 0 Å². The van der Waals surface area contributed by atoms with Crippen molar-refractivity contribution in [2.45, 2.75) is 26.5 Å². The molecule has 0 saturated carbocycles. The summed E-state index contributed by atoms with van der Waals surface area (Å²) in [6.07, 6.45) is 6.62. The van der Waals surface area contributed by atoms with Crippen molar-refractivity contribution in [2.24, 2.45) is 7.05 Å². The third kappa shape index (κ3) is 2.62. The van der Waals surface area contributed by atoms with Gasteiger partial charge in [-0.2, -0.15) is 10.2 Å². The van der Waals surface area contributed by atoms with Gasteiger partial charge in [0.05, 0.1) is 18.1 Å². The highest BCUT2D eigenvalue weighted by Gasteiger charge is 2.01. The summed E-state index contributed by atoms with van der Waals surface area (Å²) >= 11 is 0. The Morgan fingerprint density at radius 1 is 1.44 bits per heavy atom. The van der Waals surface area contributed by atoms with E-state index < -0.39 is 0 Å². The lowest BCUT2D eigenvalue weighted by Crippen LogP contribution is -1.98. The van der Waals surface area contributed by atoms with Crippen molar-refractivity contribution < 1.29 is 4.74 Å². The van der Waals surface area contributed by atoms with E-state index in [-0.39, 0.29) is 0 Å². The molecule has 0 aromatic carbocycles. The van der Waals surface area contributed by atoms with Crippen molar-refractivity contribution in [1.29, 1.82) is 0 Å². The van der Waals surface area contributed by atoms with Crippen LogP contribution in [0.2, 0.25) is 0 Å². The Morgan fingerprint density at radius 3 is 3.00 bits per heavy atom. The summed E-state index contributed by atoms with van der Waals surface area (Å²) in [4.78, 5) is 0. The van der Waals surface area contributed by atoms with E-state index in [4.69, 9.17) is 4.74 Å². The standard InChI is InChI=1S/C11H16N4O/c1-3-5-15-8-11(7-12-15)16-9-10-4-6-14(2)13-10/h4,6-8H,3,5,9H2,1-2H3. The summed E-state index contributed by atoms with van der Waals surface area (Å²) in [5.41, 5.74) is 0.922. The van der Waals surface area contributed by atoms with Gasteiger partial charge in [-0.1, -0.05) is 6.92 Å². The molecule has 0 radical (unpaired) electrons. The minimum absolute atomic E-state index is 0.485. The van der Waals surface area contributed by atoms with Crippen molar-refractivity contribution in [3.63, 3.8) is 0 Å². The van der Waals surface area contributed by atoms with Gasteiger partial charge in [0.25, 0.3) is 0 Å². The summed E-state index contributed by atoms with van der Waals surface area (Å²) in [5, 5.41) is 8.42. The van der Waals surface area contributed by atoms with Crippen LogP contribution in [-0.2, 0) is 20.2 Å². The van der Waals surface area contributed by atoms with E-state index in [2.05, 4.69) is 17.1 Å². The monoisotopic (exact) mass is 220 g/mol. The summed E-state index contributed by atoms with van der Waals surface area (Å²) < 4.78 is 9.22. The first-order valence-electron chi connectivity index (χ1n) is 5.41. The molecule has 0 N–H and O–H groups in total. The van der Waals surface area contributed by atoms with Gasteiger partial charge in [-0.15, -0.1) is 0 Å². The molecule has 0 fully saturated rings. The van der Waals surface area contributed by atoms with Crippen molar-refractivity contribution in [1.82, 2.24) is 19.6 Å². The predicted molar refractivity (Wildman–Crippen MR) is 60.1 cm³/mol. The second kappa shape index (κ2) is 4.83. The molecule has 0 aliphatic carbocycles. The Bertz CT molecular complexity index is 446. The van der Waals surface area contributed by atoms with Gasteiger partial charge < -0.3 is 4.74 Å². The fourth-order valence-corrected chi connectivity index (χ4v) is 1.47. The molecule has 86 valence electrons. The zero-order chi connectivity index (χ0) is 11.4. The molecule has 0 aliphatic rings. The average molecular weight is 220 g/mol. The van der Waals surface area contributed by atoms with Crippen LogP contribution in [0, 0.1) is 0 Å². The zero-order valence-corrected chi connectivity index (χ0v) is 9.63.